The van der Waals surface area contributed by atoms with Crippen LogP contribution in [0.15, 0.2) is 10.5 Å². The molecular weight excluding hydrogens is 285 g/mol. The Kier molecular flexibility index (Phi) is 3.21. The summed E-state index contributed by atoms with van der Waals surface area (Å²) >= 11 is 3.26. The Balaban J connectivity index is 2.62. The van der Waals surface area contributed by atoms with Crippen molar-refractivity contribution in [2.45, 2.75) is 38.1 Å². The minimum absolute atomic E-state index is 0.0354. The van der Waals surface area contributed by atoms with Gasteiger partial charge in [0.1, 0.15) is 11.6 Å². The van der Waals surface area contributed by atoms with E-state index in [0.29, 0.717) is 15.8 Å². The molecule has 2 nitrogen and oxygen atoms in total. The normalized spacial score (nSPS) is 18.9. The molecule has 1 aromatic rings. The van der Waals surface area contributed by atoms with Gasteiger partial charge in [0.2, 0.25) is 0 Å². The van der Waals surface area contributed by atoms with E-state index in [0.717, 1.165) is 18.4 Å². The third-order valence-corrected chi connectivity index (χ3v) is 4.37. The molecule has 94 valence electrons. The second-order valence-corrected chi connectivity index (χ2v) is 5.68. The molecule has 4 heteroatoms. The fourth-order valence-electron chi connectivity index (χ4n) is 2.47. The molecule has 0 amide bonds. The molecule has 1 aliphatic rings. The fourth-order valence-corrected chi connectivity index (χ4v) is 3.00. The topological polar surface area (TPSA) is 35.2 Å². The van der Waals surface area contributed by atoms with Crippen LogP contribution in [0.1, 0.15) is 30.9 Å². The van der Waals surface area contributed by atoms with Gasteiger partial charge in [-0.25, -0.2) is 4.39 Å². The molecular formula is C13H17BrFNO. The van der Waals surface area contributed by atoms with E-state index < -0.39 is 0 Å². The van der Waals surface area contributed by atoms with Gasteiger partial charge in [-0.1, -0.05) is 0 Å². The molecule has 17 heavy (non-hydrogen) atoms. The Labute approximate surface area is 109 Å². The van der Waals surface area contributed by atoms with Crippen molar-refractivity contribution in [1.29, 1.82) is 0 Å². The van der Waals surface area contributed by atoms with Gasteiger partial charge in [-0.3, -0.25) is 0 Å². The molecule has 0 saturated heterocycles. The first kappa shape index (κ1) is 12.8. The molecule has 2 N–H and O–H groups in total. The molecule has 1 aliphatic carbocycles. The summed E-state index contributed by atoms with van der Waals surface area (Å²) in [6.07, 6.45) is 2.08. The van der Waals surface area contributed by atoms with E-state index >= 15 is 0 Å². The lowest BCUT2D eigenvalue weighted by atomic mass is 9.87. The molecule has 0 aromatic heterocycles. The smallest absolute Gasteiger partial charge is 0.143 e. The summed E-state index contributed by atoms with van der Waals surface area (Å²) in [5.41, 5.74) is 7.60. The van der Waals surface area contributed by atoms with Gasteiger partial charge < -0.3 is 10.5 Å². The Bertz CT molecular complexity index is 455. The third-order valence-electron chi connectivity index (χ3n) is 3.80. The van der Waals surface area contributed by atoms with E-state index in [1.54, 1.807) is 14.0 Å². The molecule has 1 unspecified atom stereocenters. The quantitative estimate of drug-likeness (QED) is 0.930. The summed E-state index contributed by atoms with van der Waals surface area (Å²) < 4.78 is 19.7. The molecule has 1 fully saturated rings. The zero-order chi connectivity index (χ0) is 12.8. The molecule has 0 aliphatic heterocycles. The Morgan fingerprint density at radius 2 is 2.12 bits per heavy atom. The average molecular weight is 302 g/mol. The van der Waals surface area contributed by atoms with Gasteiger partial charge in [0.25, 0.3) is 0 Å². The molecule has 0 spiro atoms. The predicted molar refractivity (Wildman–Crippen MR) is 70.0 cm³/mol. The Morgan fingerprint density at radius 3 is 2.53 bits per heavy atom. The summed E-state index contributed by atoms with van der Waals surface area (Å²) in [6.45, 7) is 3.73. The minimum atomic E-state index is -0.258. The monoisotopic (exact) mass is 301 g/mol. The van der Waals surface area contributed by atoms with E-state index in [1.807, 2.05) is 13.0 Å². The number of ether oxygens (including phenoxy) is 1. The van der Waals surface area contributed by atoms with Crippen LogP contribution in [0.4, 0.5) is 4.39 Å². The molecule has 0 radical (unpaired) electrons. The Hall–Kier alpha value is -0.610. The van der Waals surface area contributed by atoms with Crippen LogP contribution < -0.4 is 10.5 Å². The van der Waals surface area contributed by atoms with Gasteiger partial charge in [-0.05, 0) is 48.7 Å². The summed E-state index contributed by atoms with van der Waals surface area (Å²) in [4.78, 5) is 0. The van der Waals surface area contributed by atoms with Gasteiger partial charge in [0, 0.05) is 22.6 Å². The highest BCUT2D eigenvalue weighted by atomic mass is 79.9. The highest BCUT2D eigenvalue weighted by molar-refractivity contribution is 9.10. The van der Waals surface area contributed by atoms with Gasteiger partial charge in [-0.15, -0.1) is 0 Å². The first-order chi connectivity index (χ1) is 7.94. The fraction of sp³-hybridized carbons (Fsp3) is 0.538. The second-order valence-electron chi connectivity index (χ2n) is 4.82. The van der Waals surface area contributed by atoms with Crippen molar-refractivity contribution in [3.63, 3.8) is 0 Å². The van der Waals surface area contributed by atoms with Gasteiger partial charge in [0.05, 0.1) is 11.6 Å². The van der Waals surface area contributed by atoms with Crippen molar-refractivity contribution in [3.05, 3.63) is 27.5 Å². The number of hydrogen-bond donors (Lipinski definition) is 1. The molecule has 1 aromatic carbocycles. The molecule has 1 saturated carbocycles. The van der Waals surface area contributed by atoms with Gasteiger partial charge >= 0.3 is 0 Å². The third kappa shape index (κ3) is 1.87. The summed E-state index contributed by atoms with van der Waals surface area (Å²) in [5.74, 6) is 0.381. The van der Waals surface area contributed by atoms with Crippen LogP contribution >= 0.6 is 15.9 Å². The van der Waals surface area contributed by atoms with Crippen LogP contribution in [0.25, 0.3) is 0 Å². The number of benzene rings is 1. The van der Waals surface area contributed by atoms with Crippen molar-refractivity contribution < 1.29 is 9.13 Å². The summed E-state index contributed by atoms with van der Waals surface area (Å²) in [7, 11) is 1.58. The molecule has 0 bridgehead atoms. The van der Waals surface area contributed by atoms with Crippen LogP contribution in [0.3, 0.4) is 0 Å². The lowest BCUT2D eigenvalue weighted by molar-refractivity contribution is 0.390. The number of nitrogens with two attached hydrogens (primary N) is 1. The zero-order valence-electron chi connectivity index (χ0n) is 10.3. The number of rotatable bonds is 3. The van der Waals surface area contributed by atoms with Gasteiger partial charge in [0.15, 0.2) is 0 Å². The first-order valence-electron chi connectivity index (χ1n) is 5.72. The van der Waals surface area contributed by atoms with E-state index in [9.17, 15) is 4.39 Å². The minimum Gasteiger partial charge on any atom is -0.496 e. The standard InChI is InChI=1S/C13H17BrFNO/c1-7-11(15)10(14)6-9(12(7)17-3)13(4-5-13)8(2)16/h6,8H,4-5,16H2,1-3H3. The number of halogens is 2. The van der Waals surface area contributed by atoms with Crippen molar-refractivity contribution in [3.8, 4) is 5.75 Å². The van der Waals surface area contributed by atoms with Gasteiger partial charge in [-0.2, -0.15) is 0 Å². The first-order valence-corrected chi connectivity index (χ1v) is 6.52. The maximum atomic E-state index is 13.8. The Morgan fingerprint density at radius 1 is 1.53 bits per heavy atom. The zero-order valence-corrected chi connectivity index (χ0v) is 11.9. The van der Waals surface area contributed by atoms with Crippen LogP contribution in [0.2, 0.25) is 0 Å². The van der Waals surface area contributed by atoms with E-state index in [2.05, 4.69) is 15.9 Å². The lowest BCUT2D eigenvalue weighted by Gasteiger charge is -2.24. The molecule has 0 heterocycles. The van der Waals surface area contributed by atoms with Crippen molar-refractivity contribution in [2.75, 3.05) is 7.11 Å². The summed E-state index contributed by atoms with van der Waals surface area (Å²) in [5, 5.41) is 0. The van der Waals surface area contributed by atoms with Crippen molar-refractivity contribution >= 4 is 15.9 Å². The molecule has 1 atom stereocenters. The maximum absolute atomic E-state index is 13.8. The van der Waals surface area contributed by atoms with Crippen molar-refractivity contribution in [1.82, 2.24) is 0 Å². The highest BCUT2D eigenvalue weighted by Crippen LogP contribution is 2.54. The predicted octanol–water partition coefficient (Wildman–Crippen LogP) is 3.28. The van der Waals surface area contributed by atoms with Crippen LogP contribution in [0, 0.1) is 12.7 Å². The van der Waals surface area contributed by atoms with Crippen LogP contribution in [-0.4, -0.2) is 13.2 Å². The molecule has 2 rings (SSSR count). The lowest BCUT2D eigenvalue weighted by Crippen LogP contribution is -2.32. The number of hydrogen-bond acceptors (Lipinski definition) is 2. The highest BCUT2D eigenvalue weighted by Gasteiger charge is 2.49. The van der Waals surface area contributed by atoms with E-state index in [-0.39, 0.29) is 17.3 Å². The maximum Gasteiger partial charge on any atom is 0.143 e. The van der Waals surface area contributed by atoms with Crippen LogP contribution in [0.5, 0.6) is 5.75 Å². The number of methoxy groups -OCH3 is 1. The van der Waals surface area contributed by atoms with Crippen molar-refractivity contribution in [2.24, 2.45) is 5.73 Å². The van der Waals surface area contributed by atoms with E-state index in [1.165, 1.54) is 0 Å². The summed E-state index contributed by atoms with van der Waals surface area (Å²) in [6, 6.07) is 1.87. The average Bonchev–Trinajstić information content (AvgIpc) is 3.06. The van der Waals surface area contributed by atoms with Crippen LogP contribution in [-0.2, 0) is 5.41 Å². The largest absolute Gasteiger partial charge is 0.496 e. The SMILES string of the molecule is COc1c(C2(C(C)N)CC2)cc(Br)c(F)c1C. The van der Waals surface area contributed by atoms with E-state index in [4.69, 9.17) is 10.5 Å². The second kappa shape index (κ2) is 4.25.